The molecule has 2 rings (SSSR count). The van der Waals surface area contributed by atoms with Gasteiger partial charge in [0.05, 0.1) is 6.04 Å². The molecule has 0 fully saturated rings. The zero-order valence-corrected chi connectivity index (χ0v) is 11.0. The highest BCUT2D eigenvalue weighted by molar-refractivity contribution is 7.26. The third-order valence-electron chi connectivity index (χ3n) is 2.56. The van der Waals surface area contributed by atoms with Crippen LogP contribution in [0.15, 0.2) is 29.7 Å². The minimum atomic E-state index is 0.251. The molecule has 2 aromatic rings. The minimum Gasteiger partial charge on any atom is -0.271 e. The van der Waals surface area contributed by atoms with Crippen LogP contribution in [0.5, 0.6) is 0 Å². The van der Waals surface area contributed by atoms with Crippen molar-refractivity contribution in [2.24, 2.45) is 5.84 Å². The largest absolute Gasteiger partial charge is 0.271 e. The second-order valence-corrected chi connectivity index (χ2v) is 6.08. The van der Waals surface area contributed by atoms with E-state index in [9.17, 15) is 0 Å². The lowest BCUT2D eigenvalue weighted by molar-refractivity contribution is 0.523. The van der Waals surface area contributed by atoms with Gasteiger partial charge in [-0.2, -0.15) is 0 Å². The third kappa shape index (κ3) is 2.52. The zero-order chi connectivity index (χ0) is 11.5. The van der Waals surface area contributed by atoms with Gasteiger partial charge in [-0.25, -0.2) is 0 Å². The van der Waals surface area contributed by atoms with Crippen molar-refractivity contribution >= 4 is 32.1 Å². The molecule has 0 aromatic carbocycles. The lowest BCUT2D eigenvalue weighted by atomic mass is 10.1. The van der Waals surface area contributed by atoms with Crippen LogP contribution >= 0.6 is 22.7 Å². The lowest BCUT2D eigenvalue weighted by Gasteiger charge is -2.13. The van der Waals surface area contributed by atoms with Gasteiger partial charge in [-0.05, 0) is 37.3 Å². The fourth-order valence-electron chi connectivity index (χ4n) is 1.65. The topological polar surface area (TPSA) is 38.0 Å². The maximum atomic E-state index is 5.61. The monoisotopic (exact) mass is 252 g/mol. The van der Waals surface area contributed by atoms with Gasteiger partial charge >= 0.3 is 0 Å². The van der Waals surface area contributed by atoms with Crippen LogP contribution in [-0.4, -0.2) is 0 Å². The first kappa shape index (κ1) is 11.8. The molecule has 0 amide bonds. The van der Waals surface area contributed by atoms with Crippen LogP contribution in [0.2, 0.25) is 0 Å². The number of hydrogen-bond acceptors (Lipinski definition) is 4. The van der Waals surface area contributed by atoms with Crippen molar-refractivity contribution in [2.45, 2.75) is 25.8 Å². The first-order valence-electron chi connectivity index (χ1n) is 5.28. The SMILES string of the molecule is C=C(C)CCC(NN)c1cc2sccc2s1. The highest BCUT2D eigenvalue weighted by Crippen LogP contribution is 2.34. The van der Waals surface area contributed by atoms with E-state index in [0.29, 0.717) is 0 Å². The molecule has 0 aliphatic heterocycles. The molecule has 2 aromatic heterocycles. The van der Waals surface area contributed by atoms with Gasteiger partial charge < -0.3 is 0 Å². The Labute approximate surface area is 104 Å². The summed E-state index contributed by atoms with van der Waals surface area (Å²) in [4.78, 5) is 1.32. The van der Waals surface area contributed by atoms with Crippen LogP contribution in [0.3, 0.4) is 0 Å². The lowest BCUT2D eigenvalue weighted by Crippen LogP contribution is -2.27. The Hall–Kier alpha value is -0.680. The maximum Gasteiger partial charge on any atom is 0.0557 e. The van der Waals surface area contributed by atoms with Crippen molar-refractivity contribution in [3.63, 3.8) is 0 Å². The molecule has 3 N–H and O–H groups in total. The molecule has 0 spiro atoms. The van der Waals surface area contributed by atoms with Crippen molar-refractivity contribution in [3.05, 3.63) is 34.5 Å². The van der Waals surface area contributed by atoms with Crippen LogP contribution in [-0.2, 0) is 0 Å². The molecule has 0 aliphatic carbocycles. The van der Waals surface area contributed by atoms with E-state index >= 15 is 0 Å². The Morgan fingerprint density at radius 3 is 3.00 bits per heavy atom. The molecule has 4 heteroatoms. The van der Waals surface area contributed by atoms with E-state index < -0.39 is 0 Å². The van der Waals surface area contributed by atoms with E-state index in [0.717, 1.165) is 12.8 Å². The zero-order valence-electron chi connectivity index (χ0n) is 9.32. The van der Waals surface area contributed by atoms with Gasteiger partial charge in [-0.3, -0.25) is 11.3 Å². The standard InChI is InChI=1S/C12H16N2S2/c1-8(2)3-4-9(14-13)11-7-12-10(16-11)5-6-15-12/h5-7,9,14H,1,3-4,13H2,2H3. The summed E-state index contributed by atoms with van der Waals surface area (Å²) in [6, 6.07) is 4.66. The van der Waals surface area contributed by atoms with Crippen LogP contribution in [0.1, 0.15) is 30.7 Å². The molecule has 2 nitrogen and oxygen atoms in total. The van der Waals surface area contributed by atoms with Crippen molar-refractivity contribution in [2.75, 3.05) is 0 Å². The van der Waals surface area contributed by atoms with Gasteiger partial charge in [0.2, 0.25) is 0 Å². The molecule has 16 heavy (non-hydrogen) atoms. The van der Waals surface area contributed by atoms with Crippen molar-refractivity contribution in [1.29, 1.82) is 0 Å². The third-order valence-corrected chi connectivity index (χ3v) is 4.77. The average molecular weight is 252 g/mol. The summed E-state index contributed by atoms with van der Waals surface area (Å²) in [6.07, 6.45) is 2.03. The van der Waals surface area contributed by atoms with Gasteiger partial charge in [-0.15, -0.1) is 29.3 Å². The van der Waals surface area contributed by atoms with E-state index in [4.69, 9.17) is 5.84 Å². The Kier molecular flexibility index (Phi) is 3.76. The number of hydrogen-bond donors (Lipinski definition) is 2. The molecule has 0 aliphatic rings. The fraction of sp³-hybridized carbons (Fsp3) is 0.333. The van der Waals surface area contributed by atoms with Gasteiger partial charge in [-0.1, -0.05) is 5.57 Å². The number of thiophene rings is 2. The van der Waals surface area contributed by atoms with Crippen LogP contribution < -0.4 is 11.3 Å². The molecule has 2 heterocycles. The van der Waals surface area contributed by atoms with E-state index in [1.54, 1.807) is 11.3 Å². The first-order valence-corrected chi connectivity index (χ1v) is 6.97. The molecule has 1 atom stereocenters. The smallest absolute Gasteiger partial charge is 0.0557 e. The molecule has 86 valence electrons. The predicted octanol–water partition coefficient (Wildman–Crippen LogP) is 3.82. The summed E-state index contributed by atoms with van der Waals surface area (Å²) in [5.41, 5.74) is 4.11. The normalized spacial score (nSPS) is 13.1. The average Bonchev–Trinajstić information content (AvgIpc) is 2.78. The minimum absolute atomic E-state index is 0.251. The van der Waals surface area contributed by atoms with Gasteiger partial charge in [0.25, 0.3) is 0 Å². The quantitative estimate of drug-likeness (QED) is 0.482. The Morgan fingerprint density at radius 1 is 1.56 bits per heavy atom. The van der Waals surface area contributed by atoms with E-state index in [1.165, 1.54) is 19.9 Å². The summed E-state index contributed by atoms with van der Waals surface area (Å²) in [5.74, 6) is 5.61. The number of hydrazine groups is 1. The number of rotatable bonds is 5. The fourth-order valence-corrected chi connectivity index (χ4v) is 3.87. The molecule has 0 saturated heterocycles. The van der Waals surface area contributed by atoms with Crippen LogP contribution in [0.25, 0.3) is 9.40 Å². The van der Waals surface area contributed by atoms with Gasteiger partial charge in [0, 0.05) is 14.3 Å². The highest BCUT2D eigenvalue weighted by atomic mass is 32.1. The second kappa shape index (κ2) is 5.10. The number of nitrogens with one attached hydrogen (secondary N) is 1. The molecule has 0 radical (unpaired) electrons. The van der Waals surface area contributed by atoms with Gasteiger partial charge in [0.1, 0.15) is 0 Å². The maximum absolute atomic E-state index is 5.61. The molecule has 0 saturated carbocycles. The highest BCUT2D eigenvalue weighted by Gasteiger charge is 2.13. The van der Waals surface area contributed by atoms with Gasteiger partial charge in [0.15, 0.2) is 0 Å². The van der Waals surface area contributed by atoms with E-state index in [-0.39, 0.29) is 6.04 Å². The molecule has 1 unspecified atom stereocenters. The van der Waals surface area contributed by atoms with Crippen LogP contribution in [0.4, 0.5) is 0 Å². The summed E-state index contributed by atoms with van der Waals surface area (Å²) < 4.78 is 2.71. The Balaban J connectivity index is 2.14. The first-order chi connectivity index (χ1) is 7.70. The molecular weight excluding hydrogens is 236 g/mol. The van der Waals surface area contributed by atoms with Crippen molar-refractivity contribution in [1.82, 2.24) is 5.43 Å². The van der Waals surface area contributed by atoms with Crippen LogP contribution in [0, 0.1) is 0 Å². The summed E-state index contributed by atoms with van der Waals surface area (Å²) in [5, 5.41) is 2.13. The summed E-state index contributed by atoms with van der Waals surface area (Å²) in [6.45, 7) is 5.98. The summed E-state index contributed by atoms with van der Waals surface area (Å²) >= 11 is 3.61. The number of nitrogens with two attached hydrogens (primary N) is 1. The summed E-state index contributed by atoms with van der Waals surface area (Å²) in [7, 11) is 0. The van der Waals surface area contributed by atoms with E-state index in [1.807, 2.05) is 11.3 Å². The predicted molar refractivity (Wildman–Crippen MR) is 73.8 cm³/mol. The molecule has 0 bridgehead atoms. The Morgan fingerprint density at radius 2 is 2.38 bits per heavy atom. The van der Waals surface area contributed by atoms with Crippen molar-refractivity contribution < 1.29 is 0 Å². The number of fused-ring (bicyclic) bond motifs is 1. The Bertz CT molecular complexity index is 455. The number of allylic oxidation sites excluding steroid dienone is 1. The van der Waals surface area contributed by atoms with E-state index in [2.05, 4.69) is 36.4 Å². The second-order valence-electron chi connectivity index (χ2n) is 4.01. The molecular formula is C12H16N2S2. The van der Waals surface area contributed by atoms with Crippen molar-refractivity contribution in [3.8, 4) is 0 Å².